The van der Waals surface area contributed by atoms with E-state index in [2.05, 4.69) is 20.3 Å². The topological polar surface area (TPSA) is 206 Å². The van der Waals surface area contributed by atoms with Crippen LogP contribution in [0.3, 0.4) is 0 Å². The number of nitrogens with one attached hydrogen (secondary N) is 2. The first-order chi connectivity index (χ1) is 20.8. The summed E-state index contributed by atoms with van der Waals surface area (Å²) in [6.07, 6.45) is -8.19. The van der Waals surface area contributed by atoms with Crippen LogP contribution in [0.1, 0.15) is 29.5 Å². The summed E-state index contributed by atoms with van der Waals surface area (Å²) < 4.78 is 6.90. The number of H-pyrrole nitrogens is 1. The molecule has 2 aromatic heterocycles. The number of anilines is 1. The number of aliphatic hydroxyl groups is 6. The number of benzene rings is 4. The van der Waals surface area contributed by atoms with E-state index in [0.717, 1.165) is 32.3 Å². The van der Waals surface area contributed by atoms with E-state index in [9.17, 15) is 35.4 Å². The van der Waals surface area contributed by atoms with Crippen LogP contribution in [0.5, 0.6) is 0 Å². The van der Waals surface area contributed by atoms with Crippen LogP contribution in [0.15, 0.2) is 59.7 Å². The van der Waals surface area contributed by atoms with Gasteiger partial charge in [0.2, 0.25) is 5.95 Å². The molecule has 1 aliphatic heterocycles. The van der Waals surface area contributed by atoms with E-state index in [0.29, 0.717) is 11.1 Å². The van der Waals surface area contributed by atoms with Crippen molar-refractivity contribution in [2.45, 2.75) is 48.9 Å². The van der Waals surface area contributed by atoms with Crippen LogP contribution in [0.4, 0.5) is 5.95 Å². The second kappa shape index (κ2) is 9.39. The zero-order valence-corrected chi connectivity index (χ0v) is 22.4. The molecule has 0 radical (unpaired) electrons. The van der Waals surface area contributed by atoms with Crippen molar-refractivity contribution in [2.24, 2.45) is 0 Å². The number of rotatable bonds is 4. The number of aliphatic hydroxyl groups excluding tert-OH is 6. The third kappa shape index (κ3) is 3.67. The van der Waals surface area contributed by atoms with Crippen molar-refractivity contribution >= 4 is 49.4 Å². The van der Waals surface area contributed by atoms with E-state index < -0.39 is 61.1 Å². The van der Waals surface area contributed by atoms with E-state index in [-0.39, 0.29) is 17.1 Å². The predicted octanol–water partition coefficient (Wildman–Crippen LogP) is 0.550. The summed E-state index contributed by atoms with van der Waals surface area (Å²) in [6, 6.07) is 14.7. The highest BCUT2D eigenvalue weighted by atomic mass is 16.6. The average Bonchev–Trinajstić information content (AvgIpc) is 3.56. The molecule has 8 atom stereocenters. The van der Waals surface area contributed by atoms with Gasteiger partial charge in [-0.3, -0.25) is 14.3 Å². The summed E-state index contributed by atoms with van der Waals surface area (Å²) in [7, 11) is 0. The molecular formula is C30H27N5O8. The van der Waals surface area contributed by atoms with Gasteiger partial charge in [-0.1, -0.05) is 42.5 Å². The van der Waals surface area contributed by atoms with E-state index in [1.165, 1.54) is 10.9 Å². The first-order valence-electron chi connectivity index (χ1n) is 13.9. The number of nitrogens with zero attached hydrogens (tertiary/aromatic N) is 3. The molecule has 13 nitrogen and oxygen atoms in total. The number of aromatic amines is 1. The normalized spacial score (nSPS) is 29.3. The van der Waals surface area contributed by atoms with Crippen LogP contribution >= 0.6 is 0 Å². The molecule has 0 bridgehead atoms. The summed E-state index contributed by atoms with van der Waals surface area (Å²) in [5, 5.41) is 72.3. The summed E-state index contributed by atoms with van der Waals surface area (Å²) in [4.78, 5) is 24.3. The van der Waals surface area contributed by atoms with Gasteiger partial charge in [-0.2, -0.15) is 4.98 Å². The molecule has 1 aliphatic carbocycles. The largest absolute Gasteiger partial charge is 0.394 e. The third-order valence-electron chi connectivity index (χ3n) is 8.88. The summed E-state index contributed by atoms with van der Waals surface area (Å²) in [5.41, 5.74) is 0.311. The summed E-state index contributed by atoms with van der Waals surface area (Å²) >= 11 is 0. The van der Waals surface area contributed by atoms with Gasteiger partial charge in [0.05, 0.1) is 19.0 Å². The molecule has 1 fully saturated rings. The minimum atomic E-state index is -1.54. The maximum absolute atomic E-state index is 13.1. The number of hydrogen-bond donors (Lipinski definition) is 8. The smallest absolute Gasteiger partial charge is 0.280 e. The Balaban J connectivity index is 1.29. The maximum atomic E-state index is 13.1. The van der Waals surface area contributed by atoms with Crippen molar-refractivity contribution in [1.29, 1.82) is 0 Å². The number of fused-ring (bicyclic) bond motifs is 3. The van der Waals surface area contributed by atoms with Crippen LogP contribution in [0.2, 0.25) is 0 Å². The fraction of sp³-hybridized carbons (Fsp3) is 0.300. The lowest BCUT2D eigenvalue weighted by molar-refractivity contribution is -0.0767. The molecule has 0 amide bonds. The number of imidazole rings is 1. The number of ether oxygens (including phenoxy) is 1. The molecule has 0 spiro atoms. The molecule has 2 aliphatic rings. The van der Waals surface area contributed by atoms with Crippen LogP contribution < -0.4 is 10.9 Å². The molecule has 220 valence electrons. The van der Waals surface area contributed by atoms with Gasteiger partial charge in [0, 0.05) is 0 Å². The van der Waals surface area contributed by atoms with Crippen LogP contribution in [-0.2, 0) is 4.74 Å². The van der Waals surface area contributed by atoms with Gasteiger partial charge in [0.25, 0.3) is 5.56 Å². The molecule has 3 heterocycles. The first kappa shape index (κ1) is 26.4. The highest BCUT2D eigenvalue weighted by Gasteiger charge is 2.45. The van der Waals surface area contributed by atoms with Crippen molar-refractivity contribution < 1.29 is 35.4 Å². The van der Waals surface area contributed by atoms with Gasteiger partial charge in [-0.05, 0) is 49.5 Å². The Morgan fingerprint density at radius 3 is 2.40 bits per heavy atom. The Morgan fingerprint density at radius 2 is 1.65 bits per heavy atom. The minimum absolute atomic E-state index is 0.0163. The molecule has 8 rings (SSSR count). The molecule has 43 heavy (non-hydrogen) atoms. The summed E-state index contributed by atoms with van der Waals surface area (Å²) in [6.45, 7) is -0.530. The number of aromatic nitrogens is 4. The van der Waals surface area contributed by atoms with Gasteiger partial charge >= 0.3 is 0 Å². The lowest BCUT2D eigenvalue weighted by Gasteiger charge is -2.38. The minimum Gasteiger partial charge on any atom is -0.394 e. The Kier molecular flexibility index (Phi) is 5.77. The molecule has 6 aromatic rings. The van der Waals surface area contributed by atoms with Crippen LogP contribution in [-0.4, -0.2) is 87.3 Å². The maximum Gasteiger partial charge on any atom is 0.280 e. The van der Waals surface area contributed by atoms with Gasteiger partial charge in [0.1, 0.15) is 36.6 Å². The Hall–Kier alpha value is -4.21. The van der Waals surface area contributed by atoms with Gasteiger partial charge in [0.15, 0.2) is 17.4 Å². The molecule has 0 saturated carbocycles. The van der Waals surface area contributed by atoms with E-state index in [4.69, 9.17) is 4.74 Å². The van der Waals surface area contributed by atoms with Gasteiger partial charge in [-0.15, -0.1) is 0 Å². The van der Waals surface area contributed by atoms with Crippen molar-refractivity contribution in [3.05, 3.63) is 76.3 Å². The van der Waals surface area contributed by atoms with E-state index in [1.807, 2.05) is 48.5 Å². The molecule has 0 unspecified atom stereocenters. The van der Waals surface area contributed by atoms with Gasteiger partial charge < -0.3 is 40.7 Å². The SMILES string of the molecule is O=c1[nH]c(N[C@@H]2c3c(cc4ccc5cccc6ccc3c4c56)[C@@H](O)[C@H](O)[C@H]2O)nc2c1ncn2[C@@H]1O[C@H](CO)[C@@H](O)[C@H]1O. The fourth-order valence-electron chi connectivity index (χ4n) is 6.78. The Morgan fingerprint density at radius 1 is 0.907 bits per heavy atom. The van der Waals surface area contributed by atoms with Crippen molar-refractivity contribution in [3.63, 3.8) is 0 Å². The van der Waals surface area contributed by atoms with Crippen LogP contribution in [0.25, 0.3) is 43.5 Å². The van der Waals surface area contributed by atoms with E-state index >= 15 is 0 Å². The molecule has 8 N–H and O–H groups in total. The van der Waals surface area contributed by atoms with Crippen molar-refractivity contribution in [1.82, 2.24) is 19.5 Å². The standard InChI is InChI=1S/C30H27N5O8/c36-9-16-23(38)26(41)29(43-16)35-10-31-21-27(35)33-30(34-28(21)42)32-20-19-14-7-6-12-3-1-2-11-4-5-13(18(14)17(11)12)8-15(19)22(37)25(40)24(20)39/h1-8,10,16,20,22-26,29,36-41H,9H2,(H2,32,33,34,42)/t16-,20-,22-,23-,24+,25+,26-,29-/m1/s1. The molecule has 1 saturated heterocycles. The quantitative estimate of drug-likeness (QED) is 0.134. The van der Waals surface area contributed by atoms with Crippen molar-refractivity contribution in [3.8, 4) is 0 Å². The third-order valence-corrected chi connectivity index (χ3v) is 8.88. The van der Waals surface area contributed by atoms with Crippen LogP contribution in [0, 0.1) is 0 Å². The molecular weight excluding hydrogens is 558 g/mol. The summed E-state index contributed by atoms with van der Waals surface area (Å²) in [5.74, 6) is -0.0738. The Bertz CT molecular complexity index is 2080. The van der Waals surface area contributed by atoms with E-state index in [1.54, 1.807) is 0 Å². The monoisotopic (exact) mass is 585 g/mol. The average molecular weight is 586 g/mol. The number of hydrogen-bond acceptors (Lipinski definition) is 11. The lowest BCUT2D eigenvalue weighted by Crippen LogP contribution is -2.44. The zero-order chi connectivity index (χ0) is 29.7. The van der Waals surface area contributed by atoms with Gasteiger partial charge in [-0.25, -0.2) is 4.98 Å². The fourth-order valence-corrected chi connectivity index (χ4v) is 6.78. The highest BCUT2D eigenvalue weighted by Crippen LogP contribution is 2.46. The predicted molar refractivity (Wildman–Crippen MR) is 155 cm³/mol. The highest BCUT2D eigenvalue weighted by molar-refractivity contribution is 6.24. The van der Waals surface area contributed by atoms with Crippen molar-refractivity contribution in [2.75, 3.05) is 11.9 Å². The molecule has 13 heteroatoms. The zero-order valence-electron chi connectivity index (χ0n) is 22.4. The lowest BCUT2D eigenvalue weighted by atomic mass is 9.77. The second-order valence-electron chi connectivity index (χ2n) is 11.3. The Labute approximate surface area is 241 Å². The second-order valence-corrected chi connectivity index (χ2v) is 11.3. The first-order valence-corrected chi connectivity index (χ1v) is 13.9. The molecule has 4 aromatic carbocycles.